The first kappa shape index (κ1) is 23.7. The number of para-hydroxylation sites is 2. The largest absolute Gasteiger partial charge is 0.493 e. The van der Waals surface area contributed by atoms with Gasteiger partial charge in [-0.25, -0.2) is 0 Å². The lowest BCUT2D eigenvalue weighted by Gasteiger charge is -2.19. The highest BCUT2D eigenvalue weighted by atomic mass is 32.2. The van der Waals surface area contributed by atoms with E-state index in [2.05, 4.69) is 29.4 Å². The number of carbonyl (C=O) groups excluding carboxylic acids is 1. The van der Waals surface area contributed by atoms with Gasteiger partial charge in [0.05, 0.1) is 12.9 Å². The number of aromatic nitrogens is 3. The number of benzene rings is 2. The van der Waals surface area contributed by atoms with Gasteiger partial charge in [-0.15, -0.1) is 10.2 Å². The quantitative estimate of drug-likeness (QED) is 0.419. The minimum Gasteiger partial charge on any atom is -0.493 e. The van der Waals surface area contributed by atoms with Gasteiger partial charge < -0.3 is 28.8 Å². The number of hydrogen-bond donors (Lipinski definition) is 1. The van der Waals surface area contributed by atoms with Gasteiger partial charge in [-0.2, -0.15) is 0 Å². The summed E-state index contributed by atoms with van der Waals surface area (Å²) >= 11 is 1.34. The van der Waals surface area contributed by atoms with Crippen LogP contribution < -0.4 is 24.3 Å². The molecule has 9 nitrogen and oxygen atoms in total. The highest BCUT2D eigenvalue weighted by Crippen LogP contribution is 2.34. The van der Waals surface area contributed by atoms with Crippen molar-refractivity contribution in [2.24, 2.45) is 5.92 Å². The van der Waals surface area contributed by atoms with Crippen LogP contribution in [0.1, 0.15) is 32.7 Å². The molecule has 2 aromatic carbocycles. The predicted molar refractivity (Wildman–Crippen MR) is 129 cm³/mol. The van der Waals surface area contributed by atoms with Crippen molar-refractivity contribution in [3.05, 3.63) is 48.3 Å². The number of rotatable bonds is 10. The summed E-state index contributed by atoms with van der Waals surface area (Å²) in [7, 11) is 1.61. The highest BCUT2D eigenvalue weighted by molar-refractivity contribution is 7.99. The first-order valence-corrected chi connectivity index (χ1v) is 12.0. The molecule has 0 aliphatic carbocycles. The Hall–Kier alpha value is -3.40. The first-order chi connectivity index (χ1) is 16.4. The van der Waals surface area contributed by atoms with Crippen molar-refractivity contribution < 1.29 is 23.7 Å². The van der Waals surface area contributed by atoms with Gasteiger partial charge in [0.25, 0.3) is 0 Å². The zero-order chi connectivity index (χ0) is 24.1. The lowest BCUT2D eigenvalue weighted by Crippen LogP contribution is -2.17. The van der Waals surface area contributed by atoms with Crippen molar-refractivity contribution in [1.82, 2.24) is 14.8 Å². The summed E-state index contributed by atoms with van der Waals surface area (Å²) in [6.07, 6.45) is -0.362. The summed E-state index contributed by atoms with van der Waals surface area (Å²) < 4.78 is 24.2. The van der Waals surface area contributed by atoms with Crippen LogP contribution in [-0.4, -0.2) is 40.3 Å². The minimum absolute atomic E-state index is 0.150. The van der Waals surface area contributed by atoms with E-state index in [0.29, 0.717) is 52.1 Å². The van der Waals surface area contributed by atoms with E-state index in [9.17, 15) is 4.79 Å². The van der Waals surface area contributed by atoms with Crippen molar-refractivity contribution in [2.45, 2.75) is 38.6 Å². The summed E-state index contributed by atoms with van der Waals surface area (Å²) in [5.41, 5.74) is 0.651. The second-order valence-corrected chi connectivity index (χ2v) is 9.10. The average Bonchev–Trinajstić information content (AvgIpc) is 3.44. The van der Waals surface area contributed by atoms with Crippen LogP contribution in [-0.2, 0) is 11.3 Å². The normalized spacial score (nSPS) is 13.1. The van der Waals surface area contributed by atoms with Gasteiger partial charge in [-0.05, 0) is 37.1 Å². The monoisotopic (exact) mass is 484 g/mol. The summed E-state index contributed by atoms with van der Waals surface area (Å²) in [4.78, 5) is 12.6. The molecule has 0 fully saturated rings. The number of anilines is 1. The van der Waals surface area contributed by atoms with Gasteiger partial charge >= 0.3 is 0 Å². The minimum atomic E-state index is -0.362. The second kappa shape index (κ2) is 10.7. The van der Waals surface area contributed by atoms with Crippen LogP contribution in [0.25, 0.3) is 0 Å². The van der Waals surface area contributed by atoms with Crippen molar-refractivity contribution in [2.75, 3.05) is 25.0 Å². The van der Waals surface area contributed by atoms with Crippen molar-refractivity contribution in [3.8, 4) is 23.0 Å². The molecule has 0 bridgehead atoms. The van der Waals surface area contributed by atoms with Crippen molar-refractivity contribution >= 4 is 23.4 Å². The molecule has 180 valence electrons. The zero-order valence-electron chi connectivity index (χ0n) is 19.6. The van der Waals surface area contributed by atoms with Gasteiger partial charge in [0.15, 0.2) is 40.1 Å². The maximum atomic E-state index is 12.6. The molecule has 4 rings (SSSR count). The molecule has 1 unspecified atom stereocenters. The number of nitrogens with one attached hydrogen (secondary N) is 1. The Labute approximate surface area is 202 Å². The highest BCUT2D eigenvalue weighted by Gasteiger charge is 2.22. The van der Waals surface area contributed by atoms with Crippen LogP contribution in [0.2, 0.25) is 0 Å². The molecule has 1 amide bonds. The fraction of sp³-hybridized carbons (Fsp3) is 0.375. The van der Waals surface area contributed by atoms with E-state index < -0.39 is 0 Å². The Morgan fingerprint density at radius 3 is 2.65 bits per heavy atom. The summed E-state index contributed by atoms with van der Waals surface area (Å²) in [5.74, 6) is 3.66. The fourth-order valence-corrected chi connectivity index (χ4v) is 4.26. The van der Waals surface area contributed by atoms with E-state index in [4.69, 9.17) is 18.9 Å². The third-order valence-corrected chi connectivity index (χ3v) is 5.99. The zero-order valence-corrected chi connectivity index (χ0v) is 20.4. The van der Waals surface area contributed by atoms with E-state index in [1.165, 1.54) is 11.8 Å². The first-order valence-electron chi connectivity index (χ1n) is 11.0. The molecule has 1 aliphatic rings. The maximum absolute atomic E-state index is 12.6. The molecule has 3 aromatic rings. The van der Waals surface area contributed by atoms with Crippen LogP contribution in [0.3, 0.4) is 0 Å². The number of amides is 1. The maximum Gasteiger partial charge on any atom is 0.234 e. The van der Waals surface area contributed by atoms with E-state index in [-0.39, 0.29) is 24.6 Å². The molecule has 0 saturated heterocycles. The molecule has 2 heterocycles. The Kier molecular flexibility index (Phi) is 7.46. The van der Waals surface area contributed by atoms with Crippen LogP contribution in [0.4, 0.5) is 5.69 Å². The molecule has 1 N–H and O–H groups in total. The molecule has 1 atom stereocenters. The number of carbonyl (C=O) groups is 1. The Morgan fingerprint density at radius 1 is 1.12 bits per heavy atom. The average molecular weight is 485 g/mol. The SMILES string of the molecule is COc1ccccc1OC(C)c1nnc(SCC(=O)Nc2ccc3c(c2)OCO3)n1CC(C)C. The number of hydrogen-bond acceptors (Lipinski definition) is 8. The molecule has 1 aromatic heterocycles. The van der Waals surface area contributed by atoms with Crippen molar-refractivity contribution in [3.63, 3.8) is 0 Å². The Morgan fingerprint density at radius 2 is 1.88 bits per heavy atom. The molecule has 10 heteroatoms. The molecule has 0 saturated carbocycles. The number of methoxy groups -OCH3 is 1. The van der Waals surface area contributed by atoms with Crippen LogP contribution in [0, 0.1) is 5.92 Å². The molecular weight excluding hydrogens is 456 g/mol. The smallest absolute Gasteiger partial charge is 0.234 e. The summed E-state index contributed by atoms with van der Waals surface area (Å²) in [6.45, 7) is 7.06. The Bertz CT molecular complexity index is 1150. The predicted octanol–water partition coefficient (Wildman–Crippen LogP) is 4.54. The van der Waals surface area contributed by atoms with Crippen LogP contribution in [0.5, 0.6) is 23.0 Å². The van der Waals surface area contributed by atoms with E-state index in [0.717, 1.165) is 0 Å². The third kappa shape index (κ3) is 5.56. The summed E-state index contributed by atoms with van der Waals surface area (Å²) in [6, 6.07) is 12.8. The molecule has 0 spiro atoms. The van der Waals surface area contributed by atoms with Crippen molar-refractivity contribution in [1.29, 1.82) is 0 Å². The lowest BCUT2D eigenvalue weighted by molar-refractivity contribution is -0.113. The molecule has 1 aliphatic heterocycles. The number of fused-ring (bicyclic) bond motifs is 1. The van der Waals surface area contributed by atoms with E-state index >= 15 is 0 Å². The molecule has 0 radical (unpaired) electrons. The Balaban J connectivity index is 1.43. The second-order valence-electron chi connectivity index (χ2n) is 8.16. The topological polar surface area (TPSA) is 96.7 Å². The molecular formula is C24H28N4O5S. The number of ether oxygens (including phenoxy) is 4. The van der Waals surface area contributed by atoms with E-state index in [1.807, 2.05) is 35.8 Å². The van der Waals surface area contributed by atoms with E-state index in [1.54, 1.807) is 25.3 Å². The lowest BCUT2D eigenvalue weighted by atomic mass is 10.2. The fourth-order valence-electron chi connectivity index (χ4n) is 3.51. The van der Waals surface area contributed by atoms with Gasteiger partial charge in [-0.1, -0.05) is 37.7 Å². The number of nitrogens with zero attached hydrogens (tertiary/aromatic N) is 3. The van der Waals surface area contributed by atoms with Gasteiger partial charge in [0, 0.05) is 18.3 Å². The van der Waals surface area contributed by atoms with Crippen LogP contribution in [0.15, 0.2) is 47.6 Å². The van der Waals surface area contributed by atoms with Gasteiger partial charge in [-0.3, -0.25) is 4.79 Å². The molecule has 34 heavy (non-hydrogen) atoms. The third-order valence-electron chi connectivity index (χ3n) is 5.02. The summed E-state index contributed by atoms with van der Waals surface area (Å²) in [5, 5.41) is 12.3. The van der Waals surface area contributed by atoms with Gasteiger partial charge in [0.1, 0.15) is 0 Å². The number of thioether (sulfide) groups is 1. The standard InChI is InChI=1S/C24H28N4O5S/c1-15(2)12-28-23(16(3)33-20-8-6-5-7-18(20)30-4)26-27-24(28)34-13-22(29)25-17-9-10-19-21(11-17)32-14-31-19/h5-11,15-16H,12-14H2,1-4H3,(H,25,29). The van der Waals surface area contributed by atoms with Gasteiger partial charge in [0.2, 0.25) is 12.7 Å². The van der Waals surface area contributed by atoms with Crippen LogP contribution >= 0.6 is 11.8 Å².